The topological polar surface area (TPSA) is 62.1 Å². The van der Waals surface area contributed by atoms with E-state index in [1.165, 1.54) is 19.2 Å². The Kier molecular flexibility index (Phi) is 4.89. The summed E-state index contributed by atoms with van der Waals surface area (Å²) in [6.07, 6.45) is 4.24. The second kappa shape index (κ2) is 6.69. The molecule has 0 saturated carbocycles. The first-order valence-corrected chi connectivity index (χ1v) is 7.67. The molecule has 0 fully saturated rings. The molecule has 0 aromatic heterocycles. The maximum absolute atomic E-state index is 12.8. The molecule has 1 amide bonds. The van der Waals surface area contributed by atoms with Crippen LogP contribution in [0.15, 0.2) is 41.1 Å². The molecule has 0 saturated heterocycles. The molecule has 2 aliphatic rings. The first-order chi connectivity index (χ1) is 11.1. The molecule has 23 heavy (non-hydrogen) atoms. The van der Waals surface area contributed by atoms with E-state index in [9.17, 15) is 9.90 Å². The monoisotopic (exact) mass is 314 g/mol. The second-order valence-corrected chi connectivity index (χ2v) is 5.08. The number of nitrogens with zero attached hydrogens (tertiary/aromatic N) is 2. The molecular formula is C18H22N2O3. The summed E-state index contributed by atoms with van der Waals surface area (Å²) >= 11 is 0. The summed E-state index contributed by atoms with van der Waals surface area (Å²) in [6.45, 7) is 9.70. The number of methoxy groups -OCH3 is 1. The molecule has 0 spiro atoms. The van der Waals surface area contributed by atoms with Crippen molar-refractivity contribution in [1.82, 2.24) is 4.90 Å². The number of carbonyl (C=O) groups excluding carboxylic acids is 1. The van der Waals surface area contributed by atoms with Crippen LogP contribution in [0.1, 0.15) is 37.6 Å². The summed E-state index contributed by atoms with van der Waals surface area (Å²) in [5.74, 6) is 0.1000. The summed E-state index contributed by atoms with van der Waals surface area (Å²) in [7, 11) is 1.45. The molecule has 1 aromatic rings. The SMILES string of the molecule is C=CC1=C(C)N2C(=O)c3cc(OC)c(O)cc3N=CC2C1.CC. The van der Waals surface area contributed by atoms with Crippen molar-refractivity contribution in [2.75, 3.05) is 7.11 Å². The van der Waals surface area contributed by atoms with Gasteiger partial charge in [0.2, 0.25) is 0 Å². The second-order valence-electron chi connectivity index (χ2n) is 5.08. The Labute approximate surface area is 136 Å². The number of carbonyl (C=O) groups is 1. The van der Waals surface area contributed by atoms with Gasteiger partial charge in [0.15, 0.2) is 11.5 Å². The number of phenols is 1. The lowest BCUT2D eigenvalue weighted by molar-refractivity contribution is 0.0802. The Morgan fingerprint density at radius 2 is 2.13 bits per heavy atom. The lowest BCUT2D eigenvalue weighted by Gasteiger charge is -2.22. The standard InChI is InChI=1S/C16H16N2O3.C2H6/c1-4-10-5-11-8-17-13-7-14(19)15(21-3)6-12(13)16(20)18(11)9(10)2;1-2/h4,6-8,11,19H,1,5H2,2-3H3;1-2H3. The third kappa shape index (κ3) is 2.74. The Morgan fingerprint density at radius 3 is 2.74 bits per heavy atom. The van der Waals surface area contributed by atoms with Crippen molar-refractivity contribution in [2.24, 2.45) is 4.99 Å². The Morgan fingerprint density at radius 1 is 1.43 bits per heavy atom. The zero-order valence-electron chi connectivity index (χ0n) is 14.0. The van der Waals surface area contributed by atoms with Crippen molar-refractivity contribution >= 4 is 17.8 Å². The van der Waals surface area contributed by atoms with Gasteiger partial charge in [0, 0.05) is 24.4 Å². The fraction of sp³-hybridized carbons (Fsp3) is 0.333. The molecule has 1 atom stereocenters. The first-order valence-electron chi connectivity index (χ1n) is 7.67. The summed E-state index contributed by atoms with van der Waals surface area (Å²) in [6, 6.07) is 2.88. The highest BCUT2D eigenvalue weighted by atomic mass is 16.5. The number of rotatable bonds is 2. The first kappa shape index (κ1) is 16.8. The van der Waals surface area contributed by atoms with Crippen molar-refractivity contribution in [2.45, 2.75) is 33.2 Å². The molecule has 122 valence electrons. The highest BCUT2D eigenvalue weighted by Crippen LogP contribution is 2.39. The number of allylic oxidation sites excluding steroid dienone is 2. The number of phenolic OH excluding ortho intramolecular Hbond substituents is 1. The minimum absolute atomic E-state index is 0.0256. The highest BCUT2D eigenvalue weighted by Gasteiger charge is 2.35. The van der Waals surface area contributed by atoms with Crippen molar-refractivity contribution in [3.63, 3.8) is 0 Å². The van der Waals surface area contributed by atoms with Gasteiger partial charge in [0.1, 0.15) is 0 Å². The van der Waals surface area contributed by atoms with Crippen LogP contribution in [-0.4, -0.2) is 35.3 Å². The van der Waals surface area contributed by atoms with E-state index in [1.807, 2.05) is 20.8 Å². The van der Waals surface area contributed by atoms with E-state index >= 15 is 0 Å². The van der Waals surface area contributed by atoms with Gasteiger partial charge in [-0.05, 0) is 18.6 Å². The van der Waals surface area contributed by atoms with Gasteiger partial charge in [-0.25, -0.2) is 0 Å². The van der Waals surface area contributed by atoms with Crippen molar-refractivity contribution in [1.29, 1.82) is 0 Å². The van der Waals surface area contributed by atoms with Gasteiger partial charge in [-0.3, -0.25) is 9.79 Å². The summed E-state index contributed by atoms with van der Waals surface area (Å²) < 4.78 is 5.08. The average Bonchev–Trinajstić information content (AvgIpc) is 2.82. The molecule has 0 bridgehead atoms. The Balaban J connectivity index is 0.000000924. The lowest BCUT2D eigenvalue weighted by atomic mass is 10.1. The number of hydrogen-bond acceptors (Lipinski definition) is 4. The molecule has 2 heterocycles. The van der Waals surface area contributed by atoms with Crippen LogP contribution in [0.2, 0.25) is 0 Å². The van der Waals surface area contributed by atoms with Crippen LogP contribution in [0.25, 0.3) is 0 Å². The third-order valence-electron chi connectivity index (χ3n) is 3.97. The van der Waals surface area contributed by atoms with Crippen LogP contribution >= 0.6 is 0 Å². The molecule has 1 N–H and O–H groups in total. The highest BCUT2D eigenvalue weighted by molar-refractivity contribution is 6.04. The molecule has 1 aromatic carbocycles. The molecule has 3 rings (SSSR count). The van der Waals surface area contributed by atoms with Crippen LogP contribution in [0.4, 0.5) is 5.69 Å². The van der Waals surface area contributed by atoms with Gasteiger partial charge < -0.3 is 14.7 Å². The van der Waals surface area contributed by atoms with E-state index in [0.29, 0.717) is 17.7 Å². The molecule has 5 nitrogen and oxygen atoms in total. The number of aromatic hydroxyl groups is 1. The molecule has 0 aliphatic carbocycles. The molecule has 5 heteroatoms. The van der Waals surface area contributed by atoms with Crippen LogP contribution in [0, 0.1) is 0 Å². The quantitative estimate of drug-likeness (QED) is 0.902. The van der Waals surface area contributed by atoms with Gasteiger partial charge in [0.05, 0.1) is 24.4 Å². The van der Waals surface area contributed by atoms with Crippen molar-refractivity contribution in [3.8, 4) is 11.5 Å². The van der Waals surface area contributed by atoms with E-state index in [0.717, 1.165) is 11.3 Å². The van der Waals surface area contributed by atoms with Gasteiger partial charge in [-0.2, -0.15) is 0 Å². The predicted octanol–water partition coefficient (Wildman–Crippen LogP) is 3.82. The van der Waals surface area contributed by atoms with Crippen LogP contribution in [0.5, 0.6) is 11.5 Å². The minimum Gasteiger partial charge on any atom is -0.504 e. The van der Waals surface area contributed by atoms with Gasteiger partial charge in [-0.15, -0.1) is 0 Å². The van der Waals surface area contributed by atoms with Crippen molar-refractivity contribution < 1.29 is 14.6 Å². The van der Waals surface area contributed by atoms with Crippen LogP contribution in [-0.2, 0) is 0 Å². The zero-order valence-corrected chi connectivity index (χ0v) is 14.0. The molecule has 1 unspecified atom stereocenters. The van der Waals surface area contributed by atoms with Gasteiger partial charge >= 0.3 is 0 Å². The molecular weight excluding hydrogens is 292 g/mol. The summed E-state index contributed by atoms with van der Waals surface area (Å²) in [4.78, 5) is 18.9. The number of amides is 1. The van der Waals surface area contributed by atoms with Crippen LogP contribution in [0.3, 0.4) is 0 Å². The summed E-state index contributed by atoms with van der Waals surface area (Å²) in [5, 5.41) is 9.83. The van der Waals surface area contributed by atoms with Gasteiger partial charge in [-0.1, -0.05) is 26.5 Å². The smallest absolute Gasteiger partial charge is 0.260 e. The van der Waals surface area contributed by atoms with E-state index in [1.54, 1.807) is 17.2 Å². The molecule has 0 radical (unpaired) electrons. The number of ether oxygens (including phenoxy) is 1. The minimum atomic E-state index is -0.139. The predicted molar refractivity (Wildman–Crippen MR) is 91.6 cm³/mol. The lowest BCUT2D eigenvalue weighted by Crippen LogP contribution is -2.35. The molecule has 2 aliphatic heterocycles. The van der Waals surface area contributed by atoms with E-state index in [-0.39, 0.29) is 23.4 Å². The largest absolute Gasteiger partial charge is 0.504 e. The maximum Gasteiger partial charge on any atom is 0.260 e. The van der Waals surface area contributed by atoms with E-state index < -0.39 is 0 Å². The Bertz CT molecular complexity index is 704. The fourth-order valence-electron chi connectivity index (χ4n) is 2.82. The third-order valence-corrected chi connectivity index (χ3v) is 3.97. The van der Waals surface area contributed by atoms with Gasteiger partial charge in [0.25, 0.3) is 5.91 Å². The summed E-state index contributed by atoms with van der Waals surface area (Å²) in [5.41, 5.74) is 2.83. The fourth-order valence-corrected chi connectivity index (χ4v) is 2.82. The number of aliphatic imine (C=N–C) groups is 1. The van der Waals surface area contributed by atoms with Crippen LogP contribution < -0.4 is 4.74 Å². The van der Waals surface area contributed by atoms with Crippen molar-refractivity contribution in [3.05, 3.63) is 41.6 Å². The number of hydrogen-bond donors (Lipinski definition) is 1. The van der Waals surface area contributed by atoms with E-state index in [2.05, 4.69) is 11.6 Å². The van der Waals surface area contributed by atoms with E-state index in [4.69, 9.17) is 4.74 Å². The zero-order chi connectivity index (χ0) is 17.1. The Hall–Kier alpha value is -2.56. The normalized spacial score (nSPS) is 18.7. The average molecular weight is 314 g/mol. The maximum atomic E-state index is 12.8. The number of fused-ring (bicyclic) bond motifs is 2. The number of benzene rings is 1.